The van der Waals surface area contributed by atoms with Crippen molar-refractivity contribution in [2.75, 3.05) is 24.4 Å². The number of benzene rings is 2. The normalized spacial score (nSPS) is 12.4. The zero-order chi connectivity index (χ0) is 20.4. The van der Waals surface area contributed by atoms with Gasteiger partial charge in [-0.05, 0) is 23.3 Å². The number of primary amides is 1. The number of carbonyl (C=O) groups excluding carboxylic acids is 1. The molecule has 1 aliphatic heterocycles. The summed E-state index contributed by atoms with van der Waals surface area (Å²) < 4.78 is 10.6. The number of aromatic nitrogens is 2. The van der Waals surface area contributed by atoms with E-state index in [1.165, 1.54) is 17.3 Å². The SMILES string of the molecule is COc1ccc(Nc2ncc(C(N)=O)c(N3Cc4ccccc4C3)n2)cc1OC. The largest absolute Gasteiger partial charge is 0.493 e. The maximum Gasteiger partial charge on any atom is 0.254 e. The molecule has 3 aromatic rings. The Morgan fingerprint density at radius 1 is 1.07 bits per heavy atom. The van der Waals surface area contributed by atoms with Crippen LogP contribution in [-0.4, -0.2) is 30.1 Å². The highest BCUT2D eigenvalue weighted by atomic mass is 16.5. The molecule has 29 heavy (non-hydrogen) atoms. The van der Waals surface area contributed by atoms with E-state index in [0.717, 1.165) is 5.69 Å². The monoisotopic (exact) mass is 391 g/mol. The van der Waals surface area contributed by atoms with Crippen LogP contribution in [0.2, 0.25) is 0 Å². The van der Waals surface area contributed by atoms with E-state index in [9.17, 15) is 4.79 Å². The molecule has 0 atom stereocenters. The molecule has 3 N–H and O–H groups in total. The van der Waals surface area contributed by atoms with Crippen LogP contribution in [0, 0.1) is 0 Å². The molecule has 4 rings (SSSR count). The van der Waals surface area contributed by atoms with Crippen LogP contribution < -0.4 is 25.4 Å². The number of nitrogens with one attached hydrogen (secondary N) is 1. The van der Waals surface area contributed by atoms with Crippen molar-refractivity contribution in [3.05, 3.63) is 65.4 Å². The Morgan fingerprint density at radius 3 is 2.38 bits per heavy atom. The van der Waals surface area contributed by atoms with Gasteiger partial charge in [0.2, 0.25) is 5.95 Å². The summed E-state index contributed by atoms with van der Waals surface area (Å²) >= 11 is 0. The van der Waals surface area contributed by atoms with Crippen molar-refractivity contribution in [1.29, 1.82) is 0 Å². The fourth-order valence-electron chi connectivity index (χ4n) is 3.37. The molecule has 0 saturated heterocycles. The highest BCUT2D eigenvalue weighted by Gasteiger charge is 2.24. The maximum atomic E-state index is 11.9. The summed E-state index contributed by atoms with van der Waals surface area (Å²) in [5.41, 5.74) is 8.99. The molecular weight excluding hydrogens is 370 g/mol. The number of methoxy groups -OCH3 is 2. The number of fused-ring (bicyclic) bond motifs is 1. The molecule has 0 unspecified atom stereocenters. The number of nitrogens with two attached hydrogens (primary N) is 1. The third kappa shape index (κ3) is 3.64. The number of amides is 1. The van der Waals surface area contributed by atoms with E-state index < -0.39 is 5.91 Å². The topological polar surface area (TPSA) is 103 Å². The van der Waals surface area contributed by atoms with Gasteiger partial charge in [-0.1, -0.05) is 24.3 Å². The van der Waals surface area contributed by atoms with E-state index in [-0.39, 0.29) is 5.56 Å². The van der Waals surface area contributed by atoms with E-state index in [4.69, 9.17) is 15.2 Å². The van der Waals surface area contributed by atoms with Crippen molar-refractivity contribution in [3.63, 3.8) is 0 Å². The van der Waals surface area contributed by atoms with Crippen molar-refractivity contribution in [2.24, 2.45) is 5.73 Å². The number of carbonyl (C=O) groups is 1. The van der Waals surface area contributed by atoms with E-state index in [1.807, 2.05) is 23.1 Å². The van der Waals surface area contributed by atoms with Crippen molar-refractivity contribution in [3.8, 4) is 11.5 Å². The van der Waals surface area contributed by atoms with Gasteiger partial charge in [0.15, 0.2) is 11.5 Å². The Labute approximate surface area is 168 Å². The van der Waals surface area contributed by atoms with Crippen LogP contribution in [0.5, 0.6) is 11.5 Å². The molecule has 8 nitrogen and oxygen atoms in total. The number of hydrogen-bond acceptors (Lipinski definition) is 7. The molecule has 1 aliphatic rings. The van der Waals surface area contributed by atoms with Crippen molar-refractivity contribution in [2.45, 2.75) is 13.1 Å². The van der Waals surface area contributed by atoms with Gasteiger partial charge in [-0.2, -0.15) is 4.98 Å². The van der Waals surface area contributed by atoms with Gasteiger partial charge in [-0.15, -0.1) is 0 Å². The van der Waals surface area contributed by atoms with Gasteiger partial charge in [0.1, 0.15) is 11.4 Å². The first-order chi connectivity index (χ1) is 14.1. The van der Waals surface area contributed by atoms with Crippen LogP contribution in [-0.2, 0) is 13.1 Å². The maximum absolute atomic E-state index is 11.9. The van der Waals surface area contributed by atoms with Gasteiger partial charge in [0, 0.05) is 31.0 Å². The molecule has 1 aromatic heterocycles. The lowest BCUT2D eigenvalue weighted by Crippen LogP contribution is -2.23. The van der Waals surface area contributed by atoms with Crippen LogP contribution >= 0.6 is 0 Å². The van der Waals surface area contributed by atoms with Crippen LogP contribution in [0.25, 0.3) is 0 Å². The predicted octanol–water partition coefficient (Wildman–Crippen LogP) is 2.86. The molecule has 0 saturated carbocycles. The van der Waals surface area contributed by atoms with Gasteiger partial charge in [-0.3, -0.25) is 4.79 Å². The second-order valence-corrected chi connectivity index (χ2v) is 6.61. The summed E-state index contributed by atoms with van der Waals surface area (Å²) in [6.07, 6.45) is 1.46. The summed E-state index contributed by atoms with van der Waals surface area (Å²) in [6, 6.07) is 13.6. The fraction of sp³-hybridized carbons (Fsp3) is 0.190. The molecule has 2 aromatic carbocycles. The van der Waals surface area contributed by atoms with Crippen LogP contribution in [0.4, 0.5) is 17.5 Å². The quantitative estimate of drug-likeness (QED) is 0.666. The van der Waals surface area contributed by atoms with Gasteiger partial charge in [0.05, 0.1) is 14.2 Å². The highest BCUT2D eigenvalue weighted by Crippen LogP contribution is 2.32. The smallest absolute Gasteiger partial charge is 0.254 e. The lowest BCUT2D eigenvalue weighted by Gasteiger charge is -2.20. The number of ether oxygens (including phenoxy) is 2. The molecule has 148 valence electrons. The third-order valence-electron chi connectivity index (χ3n) is 4.81. The first-order valence-electron chi connectivity index (χ1n) is 9.06. The molecule has 0 spiro atoms. The van der Waals surface area contributed by atoms with Gasteiger partial charge >= 0.3 is 0 Å². The van der Waals surface area contributed by atoms with Gasteiger partial charge in [0.25, 0.3) is 5.91 Å². The average molecular weight is 391 g/mol. The Bertz CT molecular complexity index is 1040. The molecule has 1 amide bonds. The summed E-state index contributed by atoms with van der Waals surface area (Å²) in [7, 11) is 3.15. The van der Waals surface area contributed by atoms with Gasteiger partial charge < -0.3 is 25.4 Å². The zero-order valence-electron chi connectivity index (χ0n) is 16.2. The third-order valence-corrected chi connectivity index (χ3v) is 4.81. The lowest BCUT2D eigenvalue weighted by atomic mass is 10.1. The molecule has 0 bridgehead atoms. The molecule has 8 heteroatoms. The van der Waals surface area contributed by atoms with Crippen molar-refractivity contribution < 1.29 is 14.3 Å². The number of nitrogens with zero attached hydrogens (tertiary/aromatic N) is 3. The standard InChI is InChI=1S/C21H21N5O3/c1-28-17-8-7-15(9-18(17)29-2)24-21-23-10-16(19(22)27)20(25-21)26-11-13-5-3-4-6-14(13)12-26/h3-10H,11-12H2,1-2H3,(H2,22,27)(H,23,24,25). The Hall–Kier alpha value is -3.81. The zero-order valence-corrected chi connectivity index (χ0v) is 16.2. The van der Waals surface area contributed by atoms with E-state index in [2.05, 4.69) is 27.4 Å². The number of rotatable bonds is 6. The number of hydrogen-bond donors (Lipinski definition) is 2. The first kappa shape index (κ1) is 18.5. The number of anilines is 3. The molecule has 0 radical (unpaired) electrons. The minimum absolute atomic E-state index is 0.288. The first-order valence-corrected chi connectivity index (χ1v) is 9.06. The summed E-state index contributed by atoms with van der Waals surface area (Å²) in [5, 5.41) is 3.14. The van der Waals surface area contributed by atoms with Crippen LogP contribution in [0.3, 0.4) is 0 Å². The molecule has 0 fully saturated rings. The minimum Gasteiger partial charge on any atom is -0.493 e. The van der Waals surface area contributed by atoms with Crippen molar-refractivity contribution in [1.82, 2.24) is 9.97 Å². The molecule has 2 heterocycles. The van der Waals surface area contributed by atoms with Crippen LogP contribution in [0.15, 0.2) is 48.7 Å². The molecular formula is C21H21N5O3. The highest BCUT2D eigenvalue weighted by molar-refractivity contribution is 5.97. The lowest BCUT2D eigenvalue weighted by molar-refractivity contribution is 0.1000. The van der Waals surface area contributed by atoms with E-state index in [1.54, 1.807) is 26.4 Å². The predicted molar refractivity (Wildman–Crippen MR) is 110 cm³/mol. The van der Waals surface area contributed by atoms with Crippen molar-refractivity contribution >= 4 is 23.4 Å². The van der Waals surface area contributed by atoms with E-state index in [0.29, 0.717) is 36.4 Å². The van der Waals surface area contributed by atoms with Crippen LogP contribution in [0.1, 0.15) is 21.5 Å². The second kappa shape index (κ2) is 7.67. The Balaban J connectivity index is 1.65. The second-order valence-electron chi connectivity index (χ2n) is 6.61. The summed E-state index contributed by atoms with van der Waals surface area (Å²) in [4.78, 5) is 22.8. The summed E-state index contributed by atoms with van der Waals surface area (Å²) in [6.45, 7) is 1.31. The van der Waals surface area contributed by atoms with Gasteiger partial charge in [-0.25, -0.2) is 4.98 Å². The molecule has 0 aliphatic carbocycles. The Morgan fingerprint density at radius 2 is 1.76 bits per heavy atom. The fourth-order valence-corrected chi connectivity index (χ4v) is 3.37. The minimum atomic E-state index is -0.561. The Kier molecular flexibility index (Phi) is 4.90. The van der Waals surface area contributed by atoms with E-state index >= 15 is 0 Å². The average Bonchev–Trinajstić information content (AvgIpc) is 3.17. The summed E-state index contributed by atoms with van der Waals surface area (Å²) in [5.74, 6) is 1.51.